The predicted molar refractivity (Wildman–Crippen MR) is 123 cm³/mol. The molecule has 198 valence electrons. The zero-order valence-corrected chi connectivity index (χ0v) is 19.7. The molecule has 2 atom stereocenters. The largest absolute Gasteiger partial charge is 0.490 e. The number of hydroxylamine groups is 1. The van der Waals surface area contributed by atoms with Crippen molar-refractivity contribution in [2.45, 2.75) is 50.2 Å². The minimum atomic E-state index is -5.08. The minimum Gasteiger partial charge on any atom is -0.475 e. The Morgan fingerprint density at radius 1 is 1.17 bits per heavy atom. The molecule has 1 saturated carbocycles. The maximum Gasteiger partial charge on any atom is 0.490 e. The number of carbonyl (C=O) groups excluding carboxylic acids is 1. The van der Waals surface area contributed by atoms with Crippen LogP contribution in [0.2, 0.25) is 0 Å². The maximum absolute atomic E-state index is 11.3. The molecule has 1 amide bonds. The molecule has 12 heteroatoms. The number of piperidine rings is 1. The molecule has 36 heavy (non-hydrogen) atoms. The van der Waals surface area contributed by atoms with E-state index in [9.17, 15) is 18.0 Å². The Bertz CT molecular complexity index is 978. The lowest BCUT2D eigenvalue weighted by Gasteiger charge is -2.32. The van der Waals surface area contributed by atoms with Crippen molar-refractivity contribution in [1.82, 2.24) is 20.7 Å². The summed E-state index contributed by atoms with van der Waals surface area (Å²) in [6, 6.07) is 11.5. The molecule has 4 rings (SSSR count). The second-order valence-electron chi connectivity index (χ2n) is 9.03. The molecular formula is C24H31F3N4O5. The Labute approximate surface area is 206 Å². The predicted octanol–water partition coefficient (Wildman–Crippen LogP) is 3.22. The smallest absolute Gasteiger partial charge is 0.475 e. The van der Waals surface area contributed by atoms with Crippen LogP contribution in [-0.4, -0.2) is 70.5 Å². The van der Waals surface area contributed by atoms with Crippen LogP contribution in [0.3, 0.4) is 0 Å². The fourth-order valence-corrected chi connectivity index (χ4v) is 4.26. The second-order valence-corrected chi connectivity index (χ2v) is 9.03. The number of hydrogen-bond acceptors (Lipinski definition) is 7. The van der Waals surface area contributed by atoms with Crippen LogP contribution in [0.25, 0.3) is 0 Å². The third-order valence-electron chi connectivity index (χ3n) is 6.39. The highest BCUT2D eigenvalue weighted by Crippen LogP contribution is 2.40. The van der Waals surface area contributed by atoms with E-state index in [0.29, 0.717) is 24.3 Å². The van der Waals surface area contributed by atoms with E-state index in [4.69, 9.17) is 19.5 Å². The number of carboxylic acid groups (broad SMARTS) is 1. The summed E-state index contributed by atoms with van der Waals surface area (Å²) < 4.78 is 37.0. The summed E-state index contributed by atoms with van der Waals surface area (Å²) in [5.74, 6) is -1.38. The molecule has 2 heterocycles. The van der Waals surface area contributed by atoms with Gasteiger partial charge in [-0.15, -0.1) is 0 Å². The first-order valence-electron chi connectivity index (χ1n) is 11.9. The van der Waals surface area contributed by atoms with Crippen molar-refractivity contribution in [1.29, 1.82) is 0 Å². The zero-order valence-electron chi connectivity index (χ0n) is 19.7. The standard InChI is InChI=1S/C22H30N4O3.C2HF3O2/c27-22(25-28)20-15-29-21(24-20)7-4-10-26-11-8-16(9-12-26)14-23-19-13-18(19)17-5-2-1-3-6-17;3-2(4,5)1(6)7/h1-3,5-6,15-16,18-19,23,28H,4,7-14H2,(H,25,27);(H,6,7). The van der Waals surface area contributed by atoms with Crippen LogP contribution in [0.1, 0.15) is 53.5 Å². The molecule has 2 aliphatic rings. The van der Waals surface area contributed by atoms with Crippen LogP contribution in [-0.2, 0) is 11.2 Å². The van der Waals surface area contributed by atoms with Gasteiger partial charge in [-0.05, 0) is 63.3 Å². The van der Waals surface area contributed by atoms with Gasteiger partial charge in [0.2, 0.25) is 0 Å². The average Bonchev–Trinajstić information content (AvgIpc) is 3.50. The average molecular weight is 513 g/mol. The number of likely N-dealkylation sites (tertiary alicyclic amines) is 1. The molecule has 1 aliphatic heterocycles. The Balaban J connectivity index is 0.000000454. The van der Waals surface area contributed by atoms with Gasteiger partial charge in [-0.3, -0.25) is 10.0 Å². The third-order valence-corrected chi connectivity index (χ3v) is 6.39. The number of halogens is 3. The van der Waals surface area contributed by atoms with Gasteiger partial charge in [0.25, 0.3) is 5.91 Å². The first kappa shape index (κ1) is 27.6. The molecule has 9 nitrogen and oxygen atoms in total. The summed E-state index contributed by atoms with van der Waals surface area (Å²) in [6.07, 6.45) is 1.60. The van der Waals surface area contributed by atoms with E-state index >= 15 is 0 Å². The number of amides is 1. The normalized spacial score (nSPS) is 20.3. The van der Waals surface area contributed by atoms with Crippen molar-refractivity contribution in [2.24, 2.45) is 5.92 Å². The number of aryl methyl sites for hydroxylation is 1. The monoisotopic (exact) mass is 512 g/mol. The number of benzene rings is 1. The lowest BCUT2D eigenvalue weighted by atomic mass is 9.96. The molecule has 2 fully saturated rings. The van der Waals surface area contributed by atoms with E-state index in [1.54, 1.807) is 5.48 Å². The highest BCUT2D eigenvalue weighted by Gasteiger charge is 2.39. The lowest BCUT2D eigenvalue weighted by Crippen LogP contribution is -2.38. The summed E-state index contributed by atoms with van der Waals surface area (Å²) in [5, 5.41) is 19.5. The van der Waals surface area contributed by atoms with Gasteiger partial charge in [0.05, 0.1) is 0 Å². The van der Waals surface area contributed by atoms with Gasteiger partial charge >= 0.3 is 12.1 Å². The fourth-order valence-electron chi connectivity index (χ4n) is 4.26. The number of nitrogens with one attached hydrogen (secondary N) is 2. The molecule has 1 aromatic heterocycles. The van der Waals surface area contributed by atoms with Gasteiger partial charge in [-0.1, -0.05) is 30.3 Å². The molecule has 1 aromatic carbocycles. The summed E-state index contributed by atoms with van der Waals surface area (Å²) in [7, 11) is 0. The quantitative estimate of drug-likeness (QED) is 0.298. The van der Waals surface area contributed by atoms with Gasteiger partial charge < -0.3 is 19.7 Å². The molecule has 2 aromatic rings. The topological polar surface area (TPSA) is 128 Å². The molecule has 1 saturated heterocycles. The van der Waals surface area contributed by atoms with E-state index in [-0.39, 0.29) is 5.69 Å². The summed E-state index contributed by atoms with van der Waals surface area (Å²) in [5.41, 5.74) is 3.14. The van der Waals surface area contributed by atoms with Gasteiger partial charge in [-0.25, -0.2) is 15.3 Å². The van der Waals surface area contributed by atoms with Crippen molar-refractivity contribution >= 4 is 11.9 Å². The van der Waals surface area contributed by atoms with Gasteiger partial charge in [-0.2, -0.15) is 13.2 Å². The zero-order chi connectivity index (χ0) is 26.1. The van der Waals surface area contributed by atoms with Crippen LogP contribution >= 0.6 is 0 Å². The molecule has 0 radical (unpaired) electrons. The van der Waals surface area contributed by atoms with Crippen LogP contribution < -0.4 is 10.8 Å². The molecule has 0 bridgehead atoms. The van der Waals surface area contributed by atoms with Crippen molar-refractivity contribution in [3.8, 4) is 0 Å². The van der Waals surface area contributed by atoms with Crippen molar-refractivity contribution in [3.63, 3.8) is 0 Å². The number of nitrogens with zero attached hydrogens (tertiary/aromatic N) is 2. The number of rotatable bonds is 9. The van der Waals surface area contributed by atoms with Gasteiger partial charge in [0.15, 0.2) is 11.6 Å². The number of alkyl halides is 3. The van der Waals surface area contributed by atoms with E-state index in [2.05, 4.69) is 45.5 Å². The SMILES string of the molecule is O=C(NO)c1coc(CCCN2CCC(CNC3CC3c3ccccc3)CC2)n1.O=C(O)C(F)(F)F. The summed E-state index contributed by atoms with van der Waals surface area (Å²) in [4.78, 5) is 26.8. The molecular weight excluding hydrogens is 481 g/mol. The Morgan fingerprint density at radius 3 is 2.44 bits per heavy atom. The van der Waals surface area contributed by atoms with Crippen molar-refractivity contribution in [2.75, 3.05) is 26.2 Å². The van der Waals surface area contributed by atoms with Crippen molar-refractivity contribution < 1.29 is 37.5 Å². The number of carboxylic acids is 1. The first-order chi connectivity index (χ1) is 17.2. The number of hydrogen-bond donors (Lipinski definition) is 4. The molecule has 1 aliphatic carbocycles. The van der Waals surface area contributed by atoms with Crippen LogP contribution in [0.5, 0.6) is 0 Å². The summed E-state index contributed by atoms with van der Waals surface area (Å²) >= 11 is 0. The highest BCUT2D eigenvalue weighted by atomic mass is 19.4. The van der Waals surface area contributed by atoms with Crippen LogP contribution in [0.4, 0.5) is 13.2 Å². The molecule has 0 spiro atoms. The third kappa shape index (κ3) is 8.61. The maximum atomic E-state index is 11.3. The number of oxazole rings is 1. The van der Waals surface area contributed by atoms with Crippen LogP contribution in [0, 0.1) is 5.92 Å². The van der Waals surface area contributed by atoms with Gasteiger partial charge in [0, 0.05) is 18.4 Å². The lowest BCUT2D eigenvalue weighted by molar-refractivity contribution is -0.192. The van der Waals surface area contributed by atoms with Gasteiger partial charge in [0.1, 0.15) is 6.26 Å². The van der Waals surface area contributed by atoms with E-state index < -0.39 is 18.1 Å². The Hall–Kier alpha value is -2.96. The first-order valence-corrected chi connectivity index (χ1v) is 11.9. The highest BCUT2D eigenvalue weighted by molar-refractivity contribution is 5.90. The number of carbonyl (C=O) groups is 2. The van der Waals surface area contributed by atoms with Crippen molar-refractivity contribution in [3.05, 3.63) is 53.7 Å². The summed E-state index contributed by atoms with van der Waals surface area (Å²) in [6.45, 7) is 4.43. The minimum absolute atomic E-state index is 0.112. The molecule has 4 N–H and O–H groups in total. The number of aliphatic carboxylic acids is 1. The Morgan fingerprint density at radius 2 is 1.83 bits per heavy atom. The Kier molecular flexibility index (Phi) is 9.85. The fraction of sp³-hybridized carbons (Fsp3) is 0.542. The van der Waals surface area contributed by atoms with E-state index in [0.717, 1.165) is 38.5 Å². The van der Waals surface area contributed by atoms with Crippen LogP contribution in [0.15, 0.2) is 41.0 Å². The van der Waals surface area contributed by atoms with E-state index in [1.807, 2.05) is 0 Å². The number of aromatic nitrogens is 1. The second kappa shape index (κ2) is 12.8. The molecule has 2 unspecified atom stereocenters. The van der Waals surface area contributed by atoms with E-state index in [1.165, 1.54) is 31.1 Å².